The Morgan fingerprint density at radius 1 is 1.36 bits per heavy atom. The van der Waals surface area contributed by atoms with Gasteiger partial charge in [-0.1, -0.05) is 12.1 Å². The Morgan fingerprint density at radius 3 is 2.88 bits per heavy atom. The van der Waals surface area contributed by atoms with Crippen molar-refractivity contribution in [1.29, 1.82) is 0 Å². The highest BCUT2D eigenvalue weighted by atomic mass is 16.2. The molecular weight excluding hydrogens is 314 g/mol. The summed E-state index contributed by atoms with van der Waals surface area (Å²) in [5.41, 5.74) is 2.19. The van der Waals surface area contributed by atoms with Gasteiger partial charge < -0.3 is 14.8 Å². The largest absolute Gasteiger partial charge is 0.355 e. The maximum Gasteiger partial charge on any atom is 0.234 e. The average molecular weight is 343 g/mol. The van der Waals surface area contributed by atoms with Crippen LogP contribution in [0.2, 0.25) is 0 Å². The molecule has 0 aliphatic carbocycles. The van der Waals surface area contributed by atoms with E-state index in [1.807, 2.05) is 18.2 Å². The molecule has 2 heterocycles. The van der Waals surface area contributed by atoms with Crippen LogP contribution >= 0.6 is 0 Å². The highest BCUT2D eigenvalue weighted by molar-refractivity contribution is 5.78. The molecule has 1 aliphatic heterocycles. The number of fused-ring (bicyclic) bond motifs is 1. The molecule has 25 heavy (non-hydrogen) atoms. The van der Waals surface area contributed by atoms with Gasteiger partial charge in [0, 0.05) is 38.6 Å². The monoisotopic (exact) mass is 343 g/mol. The number of carbonyl (C=O) groups is 1. The Bertz CT molecular complexity index is 724. The van der Waals surface area contributed by atoms with Gasteiger partial charge >= 0.3 is 0 Å². The van der Waals surface area contributed by atoms with Crippen molar-refractivity contribution in [2.75, 3.05) is 40.3 Å². The van der Waals surface area contributed by atoms with Crippen LogP contribution in [0.5, 0.6) is 0 Å². The molecule has 1 amide bonds. The van der Waals surface area contributed by atoms with E-state index in [0.29, 0.717) is 19.1 Å². The maximum absolute atomic E-state index is 12.2. The molecule has 1 saturated heterocycles. The van der Waals surface area contributed by atoms with E-state index >= 15 is 0 Å². The molecule has 1 aliphatic rings. The lowest BCUT2D eigenvalue weighted by Crippen LogP contribution is -2.38. The number of nitrogens with one attached hydrogen (secondary N) is 1. The Morgan fingerprint density at radius 2 is 2.16 bits per heavy atom. The molecule has 136 valence electrons. The minimum absolute atomic E-state index is 0.110. The number of amides is 1. The van der Waals surface area contributed by atoms with Crippen LogP contribution in [0.1, 0.15) is 19.2 Å². The normalized spacial score (nSPS) is 18.3. The summed E-state index contributed by atoms with van der Waals surface area (Å²) in [4.78, 5) is 21.4. The summed E-state index contributed by atoms with van der Waals surface area (Å²) in [7, 11) is 4.21. The molecule has 1 fully saturated rings. The summed E-state index contributed by atoms with van der Waals surface area (Å²) >= 11 is 0. The zero-order chi connectivity index (χ0) is 17.8. The van der Waals surface area contributed by atoms with Gasteiger partial charge in [-0.2, -0.15) is 0 Å². The topological polar surface area (TPSA) is 53.4 Å². The third-order valence-corrected chi connectivity index (χ3v) is 5.07. The second-order valence-corrected chi connectivity index (χ2v) is 7.00. The van der Waals surface area contributed by atoms with Crippen LogP contribution in [0.3, 0.4) is 0 Å². The molecule has 0 spiro atoms. The van der Waals surface area contributed by atoms with E-state index in [2.05, 4.69) is 46.8 Å². The fraction of sp³-hybridized carbons (Fsp3) is 0.579. The molecule has 2 aromatic rings. The molecule has 1 atom stereocenters. The van der Waals surface area contributed by atoms with Crippen molar-refractivity contribution in [3.63, 3.8) is 0 Å². The van der Waals surface area contributed by atoms with Gasteiger partial charge in [-0.25, -0.2) is 4.98 Å². The van der Waals surface area contributed by atoms with Crippen LogP contribution in [0, 0.1) is 0 Å². The van der Waals surface area contributed by atoms with Gasteiger partial charge in [-0.3, -0.25) is 9.69 Å². The number of aryl methyl sites for hydroxylation is 1. The third-order valence-electron chi connectivity index (χ3n) is 5.07. The van der Waals surface area contributed by atoms with E-state index in [1.54, 1.807) is 0 Å². The molecule has 0 saturated carbocycles. The SMILES string of the molecule is CCn1c(CCNC(=O)CN2CC[C@@H](N(C)C)C2)nc2ccccc21. The lowest BCUT2D eigenvalue weighted by atomic mass is 10.2. The van der Waals surface area contributed by atoms with E-state index < -0.39 is 0 Å². The van der Waals surface area contributed by atoms with Crippen LogP contribution in [-0.4, -0.2) is 71.6 Å². The first-order chi connectivity index (χ1) is 12.1. The summed E-state index contributed by atoms with van der Waals surface area (Å²) in [6.45, 7) is 6.13. The number of aromatic nitrogens is 2. The Kier molecular flexibility index (Phi) is 5.71. The van der Waals surface area contributed by atoms with Gasteiger partial charge in [0.2, 0.25) is 5.91 Å². The summed E-state index contributed by atoms with van der Waals surface area (Å²) in [6.07, 6.45) is 1.90. The zero-order valence-electron chi connectivity index (χ0n) is 15.5. The van der Waals surface area contributed by atoms with Crippen molar-refractivity contribution < 1.29 is 4.79 Å². The van der Waals surface area contributed by atoms with Crippen molar-refractivity contribution in [3.05, 3.63) is 30.1 Å². The first kappa shape index (κ1) is 17.9. The van der Waals surface area contributed by atoms with Crippen LogP contribution < -0.4 is 5.32 Å². The quantitative estimate of drug-likeness (QED) is 0.825. The highest BCUT2D eigenvalue weighted by Crippen LogP contribution is 2.16. The van der Waals surface area contributed by atoms with Crippen molar-refractivity contribution in [1.82, 2.24) is 24.7 Å². The lowest BCUT2D eigenvalue weighted by molar-refractivity contribution is -0.122. The van der Waals surface area contributed by atoms with E-state index in [0.717, 1.165) is 49.3 Å². The van der Waals surface area contributed by atoms with E-state index in [4.69, 9.17) is 4.98 Å². The number of hydrogen-bond acceptors (Lipinski definition) is 4. The molecular formula is C19H29N5O. The van der Waals surface area contributed by atoms with Crippen molar-refractivity contribution in [2.45, 2.75) is 32.4 Å². The van der Waals surface area contributed by atoms with Gasteiger partial charge in [0.05, 0.1) is 17.6 Å². The number of hydrogen-bond donors (Lipinski definition) is 1. The zero-order valence-corrected chi connectivity index (χ0v) is 15.5. The predicted molar refractivity (Wildman–Crippen MR) is 101 cm³/mol. The molecule has 0 radical (unpaired) electrons. The highest BCUT2D eigenvalue weighted by Gasteiger charge is 2.25. The second kappa shape index (κ2) is 7.97. The predicted octanol–water partition coefficient (Wildman–Crippen LogP) is 1.35. The number of para-hydroxylation sites is 2. The number of benzene rings is 1. The van der Waals surface area contributed by atoms with Crippen LogP contribution in [-0.2, 0) is 17.8 Å². The standard InChI is InChI=1S/C19H29N5O/c1-4-24-17-8-6-5-7-16(17)21-18(24)9-11-20-19(25)14-23-12-10-15(13-23)22(2)3/h5-8,15H,4,9-14H2,1-3H3,(H,20,25)/t15-/m1/s1. The smallest absolute Gasteiger partial charge is 0.234 e. The van der Waals surface area contributed by atoms with E-state index in [9.17, 15) is 4.79 Å². The van der Waals surface area contributed by atoms with Crippen LogP contribution in [0.25, 0.3) is 11.0 Å². The molecule has 6 heteroatoms. The maximum atomic E-state index is 12.2. The van der Waals surface area contributed by atoms with E-state index in [1.165, 1.54) is 0 Å². The number of carbonyl (C=O) groups excluding carboxylic acids is 1. The van der Waals surface area contributed by atoms with Crippen molar-refractivity contribution >= 4 is 16.9 Å². The number of rotatable bonds is 7. The Labute approximate surface area is 149 Å². The molecule has 1 aromatic heterocycles. The minimum Gasteiger partial charge on any atom is -0.355 e. The summed E-state index contributed by atoms with van der Waals surface area (Å²) in [6, 6.07) is 8.76. The Balaban J connectivity index is 1.49. The average Bonchev–Trinajstić information content (AvgIpc) is 3.18. The third kappa shape index (κ3) is 4.19. The summed E-state index contributed by atoms with van der Waals surface area (Å²) in [5, 5.41) is 3.05. The van der Waals surface area contributed by atoms with Crippen molar-refractivity contribution in [2.24, 2.45) is 0 Å². The number of imidazole rings is 1. The van der Waals surface area contributed by atoms with Gasteiger partial charge in [0.15, 0.2) is 0 Å². The van der Waals surface area contributed by atoms with Crippen LogP contribution in [0.15, 0.2) is 24.3 Å². The number of likely N-dealkylation sites (tertiary alicyclic amines) is 1. The number of nitrogens with zero attached hydrogens (tertiary/aromatic N) is 4. The van der Waals surface area contributed by atoms with Gasteiger partial charge in [0.25, 0.3) is 0 Å². The Hall–Kier alpha value is -1.92. The molecule has 1 N–H and O–H groups in total. The fourth-order valence-electron chi connectivity index (χ4n) is 3.62. The fourth-order valence-corrected chi connectivity index (χ4v) is 3.62. The van der Waals surface area contributed by atoms with Gasteiger partial charge in [0.1, 0.15) is 5.82 Å². The second-order valence-electron chi connectivity index (χ2n) is 7.00. The lowest BCUT2D eigenvalue weighted by Gasteiger charge is -2.20. The first-order valence-electron chi connectivity index (χ1n) is 9.18. The molecule has 0 bridgehead atoms. The minimum atomic E-state index is 0.110. The first-order valence-corrected chi connectivity index (χ1v) is 9.18. The summed E-state index contributed by atoms with van der Waals surface area (Å²) < 4.78 is 2.23. The molecule has 0 unspecified atom stereocenters. The van der Waals surface area contributed by atoms with Crippen LogP contribution in [0.4, 0.5) is 0 Å². The van der Waals surface area contributed by atoms with Gasteiger partial charge in [-0.05, 0) is 39.6 Å². The summed E-state index contributed by atoms with van der Waals surface area (Å²) in [5.74, 6) is 1.15. The molecule has 3 rings (SSSR count). The molecule has 6 nitrogen and oxygen atoms in total. The molecule has 1 aromatic carbocycles. The van der Waals surface area contributed by atoms with E-state index in [-0.39, 0.29) is 5.91 Å². The van der Waals surface area contributed by atoms with Crippen molar-refractivity contribution in [3.8, 4) is 0 Å². The van der Waals surface area contributed by atoms with Gasteiger partial charge in [-0.15, -0.1) is 0 Å². The number of likely N-dealkylation sites (N-methyl/N-ethyl adjacent to an activating group) is 1.